The fourth-order valence-corrected chi connectivity index (χ4v) is 5.48. The Bertz CT molecular complexity index is 248. The smallest absolute Gasteiger partial charge is 0.108 e. The Morgan fingerprint density at radius 2 is 1.61 bits per heavy atom. The van der Waals surface area contributed by atoms with Crippen LogP contribution < -0.4 is 0 Å². The normalized spacial score (nSPS) is 20.1. The van der Waals surface area contributed by atoms with E-state index in [9.17, 15) is 0 Å². The SMILES string of the molecule is CC[S+](CCCCCCCCC1CCCCO1)CCCC(C)C. The molecule has 1 fully saturated rings. The lowest BCUT2D eigenvalue weighted by Crippen LogP contribution is -2.18. The first-order valence-corrected chi connectivity index (χ1v) is 12.2. The van der Waals surface area contributed by atoms with Crippen LogP contribution in [0.5, 0.6) is 0 Å². The summed E-state index contributed by atoms with van der Waals surface area (Å²) in [6.45, 7) is 8.11. The lowest BCUT2D eigenvalue weighted by Gasteiger charge is -2.22. The molecule has 0 bridgehead atoms. The molecule has 2 heteroatoms. The molecule has 1 heterocycles. The molecule has 0 spiro atoms. The van der Waals surface area contributed by atoms with Crippen LogP contribution in [0.1, 0.15) is 97.8 Å². The highest BCUT2D eigenvalue weighted by Gasteiger charge is 2.15. The van der Waals surface area contributed by atoms with Crippen molar-refractivity contribution in [1.29, 1.82) is 0 Å². The van der Waals surface area contributed by atoms with Crippen molar-refractivity contribution in [2.45, 2.75) is 104 Å². The van der Waals surface area contributed by atoms with Gasteiger partial charge < -0.3 is 4.74 Å². The number of hydrogen-bond donors (Lipinski definition) is 0. The summed E-state index contributed by atoms with van der Waals surface area (Å²) in [6, 6.07) is 0. The number of ether oxygens (including phenoxy) is 1. The predicted octanol–water partition coefficient (Wildman–Crippen LogP) is 6.36. The minimum Gasteiger partial charge on any atom is -0.378 e. The Kier molecular flexibility index (Phi) is 13.6. The third-order valence-electron chi connectivity index (χ3n) is 5.11. The van der Waals surface area contributed by atoms with E-state index in [0.29, 0.717) is 6.10 Å². The van der Waals surface area contributed by atoms with Crippen LogP contribution in [0, 0.1) is 5.92 Å². The van der Waals surface area contributed by atoms with Gasteiger partial charge in [-0.15, -0.1) is 0 Å². The van der Waals surface area contributed by atoms with Crippen molar-refractivity contribution in [3.63, 3.8) is 0 Å². The fraction of sp³-hybridized carbons (Fsp3) is 1.00. The number of hydrogen-bond acceptors (Lipinski definition) is 1. The highest BCUT2D eigenvalue weighted by molar-refractivity contribution is 7.96. The van der Waals surface area contributed by atoms with Gasteiger partial charge in [0.25, 0.3) is 0 Å². The van der Waals surface area contributed by atoms with E-state index in [-0.39, 0.29) is 0 Å². The Balaban J connectivity index is 1.85. The zero-order chi connectivity index (χ0) is 16.8. The van der Waals surface area contributed by atoms with Crippen molar-refractivity contribution < 1.29 is 4.74 Å². The van der Waals surface area contributed by atoms with Crippen LogP contribution in [0.4, 0.5) is 0 Å². The Labute approximate surface area is 149 Å². The molecule has 138 valence electrons. The van der Waals surface area contributed by atoms with Gasteiger partial charge in [0, 0.05) is 6.61 Å². The summed E-state index contributed by atoms with van der Waals surface area (Å²) in [5.41, 5.74) is 0. The fourth-order valence-electron chi connectivity index (χ4n) is 3.51. The standard InChI is InChI=1S/C21H43OS/c1-4-23(19-13-14-20(2)3)18-12-8-6-5-7-9-15-21-16-10-11-17-22-21/h20-21H,4-19H2,1-3H3/q+1. The monoisotopic (exact) mass is 343 g/mol. The van der Waals surface area contributed by atoms with E-state index in [1.165, 1.54) is 94.3 Å². The molecule has 1 aliphatic heterocycles. The lowest BCUT2D eigenvalue weighted by molar-refractivity contribution is 0.00977. The molecule has 0 saturated carbocycles. The molecular weight excluding hydrogens is 300 g/mol. The van der Waals surface area contributed by atoms with Gasteiger partial charge in [-0.2, -0.15) is 0 Å². The summed E-state index contributed by atoms with van der Waals surface area (Å²) in [5, 5.41) is 0. The van der Waals surface area contributed by atoms with Gasteiger partial charge in [-0.3, -0.25) is 0 Å². The van der Waals surface area contributed by atoms with Crippen LogP contribution in [0.15, 0.2) is 0 Å². The van der Waals surface area contributed by atoms with Gasteiger partial charge in [-0.05, 0) is 75.1 Å². The molecule has 23 heavy (non-hydrogen) atoms. The Hall–Kier alpha value is 0.310. The van der Waals surface area contributed by atoms with Crippen molar-refractivity contribution in [3.05, 3.63) is 0 Å². The van der Waals surface area contributed by atoms with E-state index in [2.05, 4.69) is 20.8 Å². The first kappa shape index (κ1) is 21.4. The Morgan fingerprint density at radius 1 is 0.913 bits per heavy atom. The van der Waals surface area contributed by atoms with Gasteiger partial charge in [0.15, 0.2) is 0 Å². The maximum Gasteiger partial charge on any atom is 0.108 e. The van der Waals surface area contributed by atoms with E-state index in [1.807, 2.05) is 0 Å². The van der Waals surface area contributed by atoms with E-state index < -0.39 is 0 Å². The predicted molar refractivity (Wildman–Crippen MR) is 108 cm³/mol. The maximum absolute atomic E-state index is 5.81. The van der Waals surface area contributed by atoms with Crippen LogP contribution >= 0.6 is 0 Å². The highest BCUT2D eigenvalue weighted by Crippen LogP contribution is 2.19. The van der Waals surface area contributed by atoms with Crippen LogP contribution in [0.3, 0.4) is 0 Å². The van der Waals surface area contributed by atoms with Crippen molar-refractivity contribution in [3.8, 4) is 0 Å². The number of unbranched alkanes of at least 4 members (excludes halogenated alkanes) is 5. The van der Waals surface area contributed by atoms with Crippen molar-refractivity contribution in [1.82, 2.24) is 0 Å². The molecule has 1 rings (SSSR count). The van der Waals surface area contributed by atoms with Gasteiger partial charge in [0.05, 0.1) is 6.10 Å². The molecular formula is C21H43OS+. The van der Waals surface area contributed by atoms with Gasteiger partial charge in [0.2, 0.25) is 0 Å². The minimum absolute atomic E-state index is 0.598. The molecule has 1 saturated heterocycles. The summed E-state index contributed by atoms with van der Waals surface area (Å²) in [4.78, 5) is 0. The second kappa shape index (κ2) is 14.6. The van der Waals surface area contributed by atoms with Crippen molar-refractivity contribution >= 4 is 10.9 Å². The molecule has 0 N–H and O–H groups in total. The zero-order valence-electron chi connectivity index (χ0n) is 16.3. The van der Waals surface area contributed by atoms with Crippen molar-refractivity contribution in [2.24, 2.45) is 5.92 Å². The largest absolute Gasteiger partial charge is 0.378 e. The topological polar surface area (TPSA) is 9.23 Å². The van der Waals surface area contributed by atoms with Crippen molar-refractivity contribution in [2.75, 3.05) is 23.9 Å². The van der Waals surface area contributed by atoms with Crippen LogP contribution in [-0.2, 0) is 15.6 Å². The quantitative estimate of drug-likeness (QED) is 0.263. The first-order chi connectivity index (χ1) is 11.2. The van der Waals surface area contributed by atoms with E-state index in [0.717, 1.165) is 23.4 Å². The van der Waals surface area contributed by atoms with Crippen LogP contribution in [0.25, 0.3) is 0 Å². The molecule has 0 aliphatic carbocycles. The second-order valence-electron chi connectivity index (χ2n) is 7.74. The zero-order valence-corrected chi connectivity index (χ0v) is 17.1. The van der Waals surface area contributed by atoms with Gasteiger partial charge in [-0.25, -0.2) is 0 Å². The van der Waals surface area contributed by atoms with Crippen LogP contribution in [-0.4, -0.2) is 30.0 Å². The van der Waals surface area contributed by atoms with Crippen LogP contribution in [0.2, 0.25) is 0 Å². The maximum atomic E-state index is 5.81. The lowest BCUT2D eigenvalue weighted by atomic mass is 10.0. The van der Waals surface area contributed by atoms with Gasteiger partial charge in [-0.1, -0.05) is 39.5 Å². The number of rotatable bonds is 14. The van der Waals surface area contributed by atoms with E-state index in [1.54, 1.807) is 0 Å². The molecule has 0 aromatic heterocycles. The summed E-state index contributed by atoms with van der Waals surface area (Å²) < 4.78 is 5.81. The average molecular weight is 344 g/mol. The van der Waals surface area contributed by atoms with E-state index in [4.69, 9.17) is 4.74 Å². The molecule has 0 aromatic rings. The highest BCUT2D eigenvalue weighted by atomic mass is 32.2. The minimum atomic E-state index is 0.598. The average Bonchev–Trinajstić information content (AvgIpc) is 2.56. The molecule has 2 atom stereocenters. The molecule has 0 amide bonds. The second-order valence-corrected chi connectivity index (χ2v) is 10.4. The first-order valence-electron chi connectivity index (χ1n) is 10.5. The summed E-state index contributed by atoms with van der Waals surface area (Å²) in [7, 11) is 0.723. The third kappa shape index (κ3) is 12.3. The molecule has 0 radical (unpaired) electrons. The van der Waals surface area contributed by atoms with E-state index >= 15 is 0 Å². The summed E-state index contributed by atoms with van der Waals surface area (Å²) in [5.74, 6) is 5.30. The molecule has 1 nitrogen and oxygen atoms in total. The molecule has 0 aromatic carbocycles. The summed E-state index contributed by atoms with van der Waals surface area (Å²) in [6.07, 6.45) is 17.4. The van der Waals surface area contributed by atoms with Gasteiger partial charge in [0.1, 0.15) is 17.3 Å². The molecule has 1 aliphatic rings. The Morgan fingerprint density at radius 3 is 2.26 bits per heavy atom. The van der Waals surface area contributed by atoms with Gasteiger partial charge >= 0.3 is 0 Å². The summed E-state index contributed by atoms with van der Waals surface area (Å²) >= 11 is 0. The third-order valence-corrected chi connectivity index (χ3v) is 7.65. The molecule has 2 unspecified atom stereocenters.